The molecular weight excluding hydrogens is 260 g/mol. The number of hydrogen-bond donors (Lipinski definition) is 1. The second-order valence-electron chi connectivity index (χ2n) is 5.08. The number of aromatic nitrogens is 1. The van der Waals surface area contributed by atoms with Crippen molar-refractivity contribution in [3.63, 3.8) is 0 Å². The molecule has 18 heavy (non-hydrogen) atoms. The van der Waals surface area contributed by atoms with Crippen molar-refractivity contribution in [2.75, 3.05) is 18.1 Å². The second-order valence-corrected chi connectivity index (χ2v) is 7.39. The number of fused-ring (bicyclic) bond motifs is 1. The maximum absolute atomic E-state index is 4.67. The molecule has 1 N–H and O–H groups in total. The first kappa shape index (κ1) is 12.3. The molecule has 1 heterocycles. The van der Waals surface area contributed by atoms with Crippen molar-refractivity contribution in [1.82, 2.24) is 4.98 Å². The van der Waals surface area contributed by atoms with E-state index in [0.717, 1.165) is 17.2 Å². The van der Waals surface area contributed by atoms with Crippen LogP contribution >= 0.6 is 23.1 Å². The minimum atomic E-state index is 0.466. The Kier molecular flexibility index (Phi) is 3.24. The molecule has 0 amide bonds. The first-order valence-corrected chi connectivity index (χ1v) is 8.41. The Morgan fingerprint density at radius 3 is 2.94 bits per heavy atom. The average molecular weight is 278 g/mol. The van der Waals surface area contributed by atoms with Gasteiger partial charge in [0.05, 0.1) is 10.2 Å². The third kappa shape index (κ3) is 2.24. The van der Waals surface area contributed by atoms with Crippen LogP contribution in [0.4, 0.5) is 5.13 Å². The number of nitrogens with zero attached hydrogens (tertiary/aromatic N) is 1. The Bertz CT molecular complexity index is 552. The van der Waals surface area contributed by atoms with Crippen molar-refractivity contribution < 1.29 is 0 Å². The smallest absolute Gasteiger partial charge is 0.183 e. The fraction of sp³-hybridized carbons (Fsp3) is 0.500. The highest BCUT2D eigenvalue weighted by atomic mass is 32.2. The molecule has 1 saturated carbocycles. The zero-order chi connectivity index (χ0) is 12.6. The maximum atomic E-state index is 4.67. The van der Waals surface area contributed by atoms with E-state index in [-0.39, 0.29) is 0 Å². The highest BCUT2D eigenvalue weighted by Gasteiger charge is 2.35. The monoisotopic (exact) mass is 278 g/mol. The fourth-order valence-corrected chi connectivity index (χ4v) is 4.13. The first-order valence-electron chi connectivity index (χ1n) is 6.37. The lowest BCUT2D eigenvalue weighted by atomic mass is 9.84. The summed E-state index contributed by atoms with van der Waals surface area (Å²) in [4.78, 5) is 4.67. The third-order valence-corrected chi connectivity index (χ3v) is 6.22. The second kappa shape index (κ2) is 4.74. The number of aryl methyl sites for hydroxylation is 1. The lowest BCUT2D eigenvalue weighted by Gasteiger charge is -2.40. The number of rotatable bonds is 4. The molecule has 1 fully saturated rings. The van der Waals surface area contributed by atoms with Gasteiger partial charge in [0.2, 0.25) is 0 Å². The van der Waals surface area contributed by atoms with Crippen LogP contribution in [0.2, 0.25) is 0 Å². The summed E-state index contributed by atoms with van der Waals surface area (Å²) in [6.07, 6.45) is 6.28. The van der Waals surface area contributed by atoms with E-state index in [0.29, 0.717) is 4.75 Å². The van der Waals surface area contributed by atoms with Gasteiger partial charge in [-0.05, 0) is 43.7 Å². The Hall–Kier alpha value is -0.740. The minimum absolute atomic E-state index is 0.466. The van der Waals surface area contributed by atoms with E-state index in [1.807, 2.05) is 11.8 Å². The van der Waals surface area contributed by atoms with Crippen molar-refractivity contribution in [1.29, 1.82) is 0 Å². The van der Waals surface area contributed by atoms with Crippen LogP contribution in [0, 0.1) is 6.92 Å². The van der Waals surface area contributed by atoms with Crippen LogP contribution in [-0.2, 0) is 0 Å². The Labute approximate surface area is 116 Å². The van der Waals surface area contributed by atoms with Crippen LogP contribution in [0.15, 0.2) is 18.2 Å². The zero-order valence-corrected chi connectivity index (χ0v) is 12.5. The number of nitrogens with one attached hydrogen (secondary N) is 1. The van der Waals surface area contributed by atoms with Gasteiger partial charge in [0.15, 0.2) is 5.13 Å². The van der Waals surface area contributed by atoms with Crippen LogP contribution in [0.25, 0.3) is 10.2 Å². The number of anilines is 1. The highest BCUT2D eigenvalue weighted by molar-refractivity contribution is 8.00. The number of thiazole rings is 1. The summed E-state index contributed by atoms with van der Waals surface area (Å²) in [6.45, 7) is 3.16. The first-order chi connectivity index (χ1) is 8.71. The molecule has 1 aromatic heterocycles. The van der Waals surface area contributed by atoms with Gasteiger partial charge in [-0.1, -0.05) is 23.8 Å². The number of benzene rings is 1. The van der Waals surface area contributed by atoms with Gasteiger partial charge in [-0.3, -0.25) is 0 Å². The molecule has 0 radical (unpaired) electrons. The molecule has 0 saturated heterocycles. The van der Waals surface area contributed by atoms with E-state index in [1.165, 1.54) is 29.5 Å². The number of thioether (sulfide) groups is 1. The van der Waals surface area contributed by atoms with Crippen molar-refractivity contribution in [2.45, 2.75) is 30.9 Å². The summed E-state index contributed by atoms with van der Waals surface area (Å²) in [5.41, 5.74) is 2.40. The SMILES string of the molecule is CSC1(CNc2nc3cc(C)ccc3s2)CCC1. The van der Waals surface area contributed by atoms with Gasteiger partial charge in [-0.2, -0.15) is 11.8 Å². The lowest BCUT2D eigenvalue weighted by Crippen LogP contribution is -2.40. The van der Waals surface area contributed by atoms with Gasteiger partial charge in [0, 0.05) is 11.3 Å². The van der Waals surface area contributed by atoms with E-state index in [9.17, 15) is 0 Å². The van der Waals surface area contributed by atoms with Crippen LogP contribution < -0.4 is 5.32 Å². The predicted octanol–water partition coefficient (Wildman–Crippen LogP) is 4.30. The van der Waals surface area contributed by atoms with Crippen molar-refractivity contribution in [3.05, 3.63) is 23.8 Å². The highest BCUT2D eigenvalue weighted by Crippen LogP contribution is 2.43. The molecule has 1 aliphatic rings. The van der Waals surface area contributed by atoms with Crippen LogP contribution in [0.1, 0.15) is 24.8 Å². The molecular formula is C14H18N2S2. The molecule has 0 aliphatic heterocycles. The van der Waals surface area contributed by atoms with E-state index in [2.05, 4.69) is 41.7 Å². The Morgan fingerprint density at radius 1 is 1.44 bits per heavy atom. The van der Waals surface area contributed by atoms with Crippen LogP contribution in [-0.4, -0.2) is 22.5 Å². The number of hydrogen-bond acceptors (Lipinski definition) is 4. The zero-order valence-electron chi connectivity index (χ0n) is 10.8. The lowest BCUT2D eigenvalue weighted by molar-refractivity contribution is 0.380. The summed E-state index contributed by atoms with van der Waals surface area (Å²) in [6, 6.07) is 6.48. The summed E-state index contributed by atoms with van der Waals surface area (Å²) in [7, 11) is 0. The van der Waals surface area contributed by atoms with E-state index < -0.39 is 0 Å². The van der Waals surface area contributed by atoms with Crippen LogP contribution in [0.3, 0.4) is 0 Å². The molecule has 3 rings (SSSR count). The molecule has 2 nitrogen and oxygen atoms in total. The molecule has 0 bridgehead atoms. The van der Waals surface area contributed by atoms with Crippen LogP contribution in [0.5, 0.6) is 0 Å². The summed E-state index contributed by atoms with van der Waals surface area (Å²) < 4.78 is 1.74. The summed E-state index contributed by atoms with van der Waals surface area (Å²) in [5, 5.41) is 4.60. The predicted molar refractivity (Wildman–Crippen MR) is 82.9 cm³/mol. The van der Waals surface area contributed by atoms with Crippen molar-refractivity contribution in [3.8, 4) is 0 Å². The van der Waals surface area contributed by atoms with Gasteiger partial charge in [-0.15, -0.1) is 0 Å². The normalized spacial score (nSPS) is 17.7. The molecule has 0 unspecified atom stereocenters. The van der Waals surface area contributed by atoms with Crippen molar-refractivity contribution in [2.24, 2.45) is 0 Å². The molecule has 1 aromatic carbocycles. The van der Waals surface area contributed by atoms with E-state index in [1.54, 1.807) is 11.3 Å². The molecule has 96 valence electrons. The standard InChI is InChI=1S/C14H18N2S2/c1-10-4-5-12-11(8-10)16-13(18-12)15-9-14(17-2)6-3-7-14/h4-5,8H,3,6-7,9H2,1-2H3,(H,15,16). The molecule has 2 aromatic rings. The quantitative estimate of drug-likeness (QED) is 0.902. The largest absolute Gasteiger partial charge is 0.360 e. The third-order valence-electron chi connectivity index (χ3n) is 3.80. The maximum Gasteiger partial charge on any atom is 0.183 e. The van der Waals surface area contributed by atoms with Gasteiger partial charge in [-0.25, -0.2) is 4.98 Å². The van der Waals surface area contributed by atoms with E-state index in [4.69, 9.17) is 0 Å². The molecule has 4 heteroatoms. The van der Waals surface area contributed by atoms with Gasteiger partial charge in [0.1, 0.15) is 0 Å². The molecule has 1 aliphatic carbocycles. The topological polar surface area (TPSA) is 24.9 Å². The average Bonchev–Trinajstić information content (AvgIpc) is 2.70. The van der Waals surface area contributed by atoms with E-state index >= 15 is 0 Å². The van der Waals surface area contributed by atoms with Gasteiger partial charge >= 0.3 is 0 Å². The minimum Gasteiger partial charge on any atom is -0.360 e. The Balaban J connectivity index is 1.74. The van der Waals surface area contributed by atoms with Crippen molar-refractivity contribution >= 4 is 38.4 Å². The summed E-state index contributed by atoms with van der Waals surface area (Å²) in [5.74, 6) is 0. The summed E-state index contributed by atoms with van der Waals surface area (Å²) >= 11 is 3.76. The molecule has 0 spiro atoms. The Morgan fingerprint density at radius 2 is 2.28 bits per heavy atom. The molecule has 0 atom stereocenters. The van der Waals surface area contributed by atoms with Gasteiger partial charge < -0.3 is 5.32 Å². The van der Waals surface area contributed by atoms with Gasteiger partial charge in [0.25, 0.3) is 0 Å². The fourth-order valence-electron chi connectivity index (χ4n) is 2.37.